The third-order valence-corrected chi connectivity index (χ3v) is 5.45. The van der Waals surface area contributed by atoms with Crippen molar-refractivity contribution in [3.63, 3.8) is 0 Å². The van der Waals surface area contributed by atoms with Crippen molar-refractivity contribution in [2.45, 2.75) is 65.3 Å². The fourth-order valence-corrected chi connectivity index (χ4v) is 3.43. The topological polar surface area (TPSA) is 214 Å². The van der Waals surface area contributed by atoms with Crippen molar-refractivity contribution < 1.29 is 44.7 Å². The van der Waals surface area contributed by atoms with Crippen molar-refractivity contribution in [2.75, 3.05) is 0 Å². The molecule has 12 nitrogen and oxygen atoms in total. The van der Waals surface area contributed by atoms with Crippen molar-refractivity contribution in [1.29, 1.82) is 0 Å². The van der Waals surface area contributed by atoms with E-state index < -0.39 is 41.8 Å². The summed E-state index contributed by atoms with van der Waals surface area (Å²) in [6.45, 7) is 7.32. The number of aromatic nitrogens is 1. The number of carboxylic acid groups (broad SMARTS) is 4. The Morgan fingerprint density at radius 2 is 1.50 bits per heavy atom. The van der Waals surface area contributed by atoms with E-state index in [9.17, 15) is 34.2 Å². The molecule has 1 aromatic heterocycles. The minimum absolute atomic E-state index is 0.0272. The zero-order valence-electron chi connectivity index (χ0n) is 20.7. The van der Waals surface area contributed by atoms with Gasteiger partial charge in [-0.05, 0) is 50.5 Å². The monoisotopic (exact) mass is 510 g/mol. The van der Waals surface area contributed by atoms with Gasteiger partial charge in [-0.15, -0.1) is 0 Å². The Balaban J connectivity index is 0.000000572. The van der Waals surface area contributed by atoms with Gasteiger partial charge in [0.25, 0.3) is 5.56 Å². The number of rotatable bonds is 9. The number of hydrogen-bond donors (Lipinski definition) is 7. The number of aliphatic carboxylic acids is 4. The van der Waals surface area contributed by atoms with Crippen molar-refractivity contribution in [3.8, 4) is 0 Å². The van der Waals surface area contributed by atoms with Gasteiger partial charge in [0.2, 0.25) is 0 Å². The fraction of sp³-hybridized carbons (Fsp3) is 0.458. The molecule has 0 fully saturated rings. The van der Waals surface area contributed by atoms with Crippen molar-refractivity contribution in [2.24, 2.45) is 5.92 Å². The first-order valence-corrected chi connectivity index (χ1v) is 11.1. The highest BCUT2D eigenvalue weighted by molar-refractivity contribution is 5.80. The van der Waals surface area contributed by atoms with E-state index >= 15 is 0 Å². The Labute approximate surface area is 208 Å². The van der Waals surface area contributed by atoms with E-state index in [1.807, 2.05) is 19.9 Å². The molecule has 200 valence electrons. The highest BCUT2D eigenvalue weighted by Crippen LogP contribution is 2.34. The summed E-state index contributed by atoms with van der Waals surface area (Å²) in [5, 5.41) is 46.7. The Kier molecular flexibility index (Phi) is 13.3. The molecule has 2 heterocycles. The summed E-state index contributed by atoms with van der Waals surface area (Å²) in [6.07, 6.45) is 4.76. The highest BCUT2D eigenvalue weighted by Gasteiger charge is 2.47. The number of aryl methyl sites for hydroxylation is 1. The third-order valence-electron chi connectivity index (χ3n) is 5.45. The van der Waals surface area contributed by atoms with Gasteiger partial charge in [0.15, 0.2) is 0 Å². The molecule has 0 aliphatic carbocycles. The first-order chi connectivity index (χ1) is 16.7. The number of allylic oxidation sites excluding steroid dienone is 3. The maximum atomic E-state index is 11.3. The van der Waals surface area contributed by atoms with Gasteiger partial charge in [0.05, 0.1) is 25.2 Å². The van der Waals surface area contributed by atoms with Crippen LogP contribution in [-0.4, -0.2) is 59.9 Å². The van der Waals surface area contributed by atoms with Crippen LogP contribution < -0.4 is 10.9 Å². The predicted molar refractivity (Wildman–Crippen MR) is 130 cm³/mol. The molecule has 1 aliphatic heterocycles. The molecule has 0 saturated carbocycles. The molecule has 0 aromatic carbocycles. The molecule has 2 atom stereocenters. The lowest BCUT2D eigenvalue weighted by Crippen LogP contribution is -2.56. The molecule has 2 rings (SSSR count). The quantitative estimate of drug-likeness (QED) is 0.256. The van der Waals surface area contributed by atoms with E-state index in [4.69, 9.17) is 15.3 Å². The zero-order chi connectivity index (χ0) is 28.1. The van der Waals surface area contributed by atoms with Crippen LogP contribution in [0.1, 0.15) is 57.6 Å². The minimum atomic E-state index is -1.26. The maximum absolute atomic E-state index is 11.3. The zero-order valence-corrected chi connectivity index (χ0v) is 20.7. The van der Waals surface area contributed by atoms with Crippen LogP contribution in [0, 0.1) is 12.8 Å². The summed E-state index contributed by atoms with van der Waals surface area (Å²) < 4.78 is 0. The number of dihydropyridines is 1. The van der Waals surface area contributed by atoms with Crippen LogP contribution in [0.25, 0.3) is 0 Å². The molecule has 2 unspecified atom stereocenters. The second kappa shape index (κ2) is 15.0. The maximum Gasteiger partial charge on any atom is 0.309 e. The predicted octanol–water partition coefficient (Wildman–Crippen LogP) is 2.44. The summed E-state index contributed by atoms with van der Waals surface area (Å²) >= 11 is 0. The molecule has 36 heavy (non-hydrogen) atoms. The standard InChI is InChI=1S/C12H17NO5.C8H11NO.C4H6O4/c1-3-12(8(11(17)18)6-10(15)16)9(14)5-4-7(2)13-12;1-3-7-4-5-9-8(10)6(7)2;5-3(6)1-2-4(7)8/h4-5,8,13-14H,3,6H2,1-2H3,(H,15,16)(H,17,18);4-5H,3H2,1-2H3,(H,9,10);1-2H2,(H,5,6)(H,7,8). The molecule has 0 spiro atoms. The lowest BCUT2D eigenvalue weighted by atomic mass is 9.76. The number of H-pyrrole nitrogens is 1. The third kappa shape index (κ3) is 10.0. The van der Waals surface area contributed by atoms with Crippen LogP contribution in [0.15, 0.2) is 40.7 Å². The number of carbonyl (C=O) groups is 4. The number of pyridine rings is 1. The van der Waals surface area contributed by atoms with Gasteiger partial charge in [-0.1, -0.05) is 13.8 Å². The van der Waals surface area contributed by atoms with Crippen LogP contribution in [0.5, 0.6) is 0 Å². The Morgan fingerprint density at radius 3 is 1.89 bits per heavy atom. The fourth-order valence-electron chi connectivity index (χ4n) is 3.43. The largest absolute Gasteiger partial charge is 0.510 e. The van der Waals surface area contributed by atoms with Crippen molar-refractivity contribution in [3.05, 3.63) is 57.4 Å². The molecule has 1 aromatic rings. The van der Waals surface area contributed by atoms with E-state index in [1.54, 1.807) is 26.1 Å². The van der Waals surface area contributed by atoms with Gasteiger partial charge in [-0.2, -0.15) is 0 Å². The summed E-state index contributed by atoms with van der Waals surface area (Å²) in [5.41, 5.74) is 1.42. The molecule has 0 saturated heterocycles. The normalized spacial score (nSPS) is 16.9. The van der Waals surface area contributed by atoms with Crippen LogP contribution in [-0.2, 0) is 25.6 Å². The Bertz CT molecular complexity index is 1040. The van der Waals surface area contributed by atoms with Gasteiger partial charge in [0, 0.05) is 17.5 Å². The number of hydrogen-bond acceptors (Lipinski definition) is 7. The van der Waals surface area contributed by atoms with E-state index in [2.05, 4.69) is 10.3 Å². The number of aliphatic hydroxyl groups excluding tert-OH is 1. The van der Waals surface area contributed by atoms with Gasteiger partial charge < -0.3 is 35.8 Å². The lowest BCUT2D eigenvalue weighted by molar-refractivity contribution is -0.151. The smallest absolute Gasteiger partial charge is 0.309 e. The van der Waals surface area contributed by atoms with Crippen molar-refractivity contribution in [1.82, 2.24) is 10.3 Å². The molecule has 1 aliphatic rings. The molecule has 12 heteroatoms. The first kappa shape index (κ1) is 31.9. The Hall–Kier alpha value is -4.09. The van der Waals surface area contributed by atoms with Gasteiger partial charge in [-0.3, -0.25) is 24.0 Å². The number of nitrogens with one attached hydrogen (secondary N) is 2. The average molecular weight is 511 g/mol. The number of aromatic amines is 1. The molecule has 0 amide bonds. The summed E-state index contributed by atoms with van der Waals surface area (Å²) in [7, 11) is 0. The van der Waals surface area contributed by atoms with E-state index in [1.165, 1.54) is 6.08 Å². The van der Waals surface area contributed by atoms with Crippen LogP contribution in [0.4, 0.5) is 0 Å². The first-order valence-electron chi connectivity index (χ1n) is 11.1. The van der Waals surface area contributed by atoms with Crippen LogP contribution in [0.2, 0.25) is 0 Å². The molecule has 0 bridgehead atoms. The number of carboxylic acids is 4. The van der Waals surface area contributed by atoms with Gasteiger partial charge in [-0.25, -0.2) is 0 Å². The second-order valence-electron chi connectivity index (χ2n) is 7.94. The van der Waals surface area contributed by atoms with Crippen LogP contribution >= 0.6 is 0 Å². The average Bonchev–Trinajstić information content (AvgIpc) is 2.80. The lowest BCUT2D eigenvalue weighted by Gasteiger charge is -2.40. The van der Waals surface area contributed by atoms with Gasteiger partial charge in [0.1, 0.15) is 11.3 Å². The van der Waals surface area contributed by atoms with Gasteiger partial charge >= 0.3 is 23.9 Å². The number of aliphatic hydroxyl groups is 1. The molecule has 0 radical (unpaired) electrons. The summed E-state index contributed by atoms with van der Waals surface area (Å²) in [6, 6.07) is 1.94. The van der Waals surface area contributed by atoms with Crippen LogP contribution in [0.3, 0.4) is 0 Å². The SMILES string of the molecule is CCC1(C(CC(=O)O)C(=O)O)NC(C)=CC=C1O.CCc1cc[nH]c(=O)c1C.O=C(O)CCC(=O)O. The molecule has 7 N–H and O–H groups in total. The van der Waals surface area contributed by atoms with E-state index in [0.29, 0.717) is 5.70 Å². The highest BCUT2D eigenvalue weighted by atomic mass is 16.4. The molecular weight excluding hydrogens is 476 g/mol. The van der Waals surface area contributed by atoms with E-state index in [0.717, 1.165) is 17.5 Å². The Morgan fingerprint density at radius 1 is 0.944 bits per heavy atom. The van der Waals surface area contributed by atoms with E-state index in [-0.39, 0.29) is 30.6 Å². The second-order valence-corrected chi connectivity index (χ2v) is 7.94. The van der Waals surface area contributed by atoms with Crippen molar-refractivity contribution >= 4 is 23.9 Å². The minimum Gasteiger partial charge on any atom is -0.510 e. The summed E-state index contributed by atoms with van der Waals surface area (Å²) in [4.78, 5) is 54.9. The molecular formula is C24H34N2O10. The summed E-state index contributed by atoms with van der Waals surface area (Å²) in [5.74, 6) is -6.00.